The fraction of sp³-hybridized carbons (Fsp3) is 0.429. The lowest BCUT2D eigenvalue weighted by Crippen LogP contribution is -2.57. The van der Waals surface area contributed by atoms with Gasteiger partial charge in [0.15, 0.2) is 0 Å². The van der Waals surface area contributed by atoms with Gasteiger partial charge in [0, 0.05) is 19.1 Å². The number of hydrogen-bond donors (Lipinski definition) is 1. The first kappa shape index (κ1) is 11.6. The molecule has 0 bridgehead atoms. The van der Waals surface area contributed by atoms with Crippen LogP contribution in [-0.4, -0.2) is 31.9 Å². The number of hydrogen-bond acceptors (Lipinski definition) is 4. The van der Waals surface area contributed by atoms with Gasteiger partial charge in [0.25, 0.3) is 0 Å². The van der Waals surface area contributed by atoms with E-state index >= 15 is 0 Å². The van der Waals surface area contributed by atoms with E-state index in [-0.39, 0.29) is 15.3 Å². The van der Waals surface area contributed by atoms with E-state index < -0.39 is 10.0 Å². The third-order valence-corrected chi connectivity index (χ3v) is 5.70. The van der Waals surface area contributed by atoms with Crippen LogP contribution in [0.4, 0.5) is 0 Å². The minimum Gasteiger partial charge on any atom is -0.325 e. The Balaban J connectivity index is 2.34. The maximum Gasteiger partial charge on any atom is 0.245 e. The largest absolute Gasteiger partial charge is 0.325 e. The molecule has 0 spiro atoms. The van der Waals surface area contributed by atoms with Crippen LogP contribution >= 0.6 is 34.5 Å². The average molecular weight is 287 g/mol. The van der Waals surface area contributed by atoms with Crippen molar-refractivity contribution in [3.05, 3.63) is 14.7 Å². The molecule has 2 rings (SSSR count). The summed E-state index contributed by atoms with van der Waals surface area (Å²) in [7, 11) is -3.50. The van der Waals surface area contributed by atoms with Crippen molar-refractivity contribution in [2.45, 2.75) is 10.9 Å². The standard InChI is InChI=1S/C7H8Cl2N2O2S2/c8-6-1-5(7(9)14-6)15(12,13)11-2-4(10)3-11/h1,4H,2-3,10H2. The molecular weight excluding hydrogens is 279 g/mol. The van der Waals surface area contributed by atoms with Crippen LogP contribution in [0.2, 0.25) is 8.67 Å². The van der Waals surface area contributed by atoms with Crippen molar-refractivity contribution in [3.8, 4) is 0 Å². The summed E-state index contributed by atoms with van der Waals surface area (Å²) in [6.07, 6.45) is 0. The Morgan fingerprint density at radius 1 is 1.47 bits per heavy atom. The number of halogens is 2. The highest BCUT2D eigenvalue weighted by molar-refractivity contribution is 7.89. The summed E-state index contributed by atoms with van der Waals surface area (Å²) in [4.78, 5) is 0.0751. The van der Waals surface area contributed by atoms with Crippen LogP contribution in [-0.2, 0) is 10.0 Å². The number of thiophene rings is 1. The van der Waals surface area contributed by atoms with Crippen LogP contribution in [0.5, 0.6) is 0 Å². The molecule has 0 aliphatic carbocycles. The average Bonchev–Trinajstić information content (AvgIpc) is 2.40. The lowest BCUT2D eigenvalue weighted by atomic mass is 10.2. The number of sulfonamides is 1. The van der Waals surface area contributed by atoms with Gasteiger partial charge in [-0.05, 0) is 6.07 Å². The fourth-order valence-electron chi connectivity index (χ4n) is 1.31. The van der Waals surface area contributed by atoms with Crippen molar-refractivity contribution in [3.63, 3.8) is 0 Å². The maximum atomic E-state index is 11.9. The minimum atomic E-state index is -3.50. The van der Waals surface area contributed by atoms with E-state index in [1.165, 1.54) is 10.4 Å². The smallest absolute Gasteiger partial charge is 0.245 e. The molecule has 1 aromatic heterocycles. The molecule has 2 heterocycles. The Labute approximate surface area is 102 Å². The van der Waals surface area contributed by atoms with Crippen LogP contribution in [0, 0.1) is 0 Å². The molecule has 8 heteroatoms. The molecule has 84 valence electrons. The summed E-state index contributed by atoms with van der Waals surface area (Å²) in [6, 6.07) is 1.29. The van der Waals surface area contributed by atoms with Gasteiger partial charge < -0.3 is 5.73 Å². The van der Waals surface area contributed by atoms with Gasteiger partial charge in [-0.3, -0.25) is 0 Å². The second kappa shape index (κ2) is 3.87. The Kier molecular flexibility index (Phi) is 3.00. The first-order valence-electron chi connectivity index (χ1n) is 4.12. The quantitative estimate of drug-likeness (QED) is 0.894. The van der Waals surface area contributed by atoms with Crippen molar-refractivity contribution < 1.29 is 8.42 Å². The van der Waals surface area contributed by atoms with Gasteiger partial charge in [-0.15, -0.1) is 11.3 Å². The predicted molar refractivity (Wildman–Crippen MR) is 61.1 cm³/mol. The molecule has 0 amide bonds. The second-order valence-corrected chi connectivity index (χ2v) is 7.46. The summed E-state index contributed by atoms with van der Waals surface area (Å²) < 4.78 is 25.7. The van der Waals surface area contributed by atoms with Crippen molar-refractivity contribution in [1.29, 1.82) is 0 Å². The van der Waals surface area contributed by atoms with E-state index in [0.717, 1.165) is 11.3 Å². The molecule has 1 aromatic rings. The molecule has 0 atom stereocenters. The van der Waals surface area contributed by atoms with Crippen molar-refractivity contribution in [1.82, 2.24) is 4.31 Å². The van der Waals surface area contributed by atoms with Crippen LogP contribution < -0.4 is 5.73 Å². The molecule has 1 fully saturated rings. The first-order valence-corrected chi connectivity index (χ1v) is 7.13. The monoisotopic (exact) mass is 286 g/mol. The molecule has 1 saturated heterocycles. The highest BCUT2D eigenvalue weighted by Crippen LogP contribution is 2.36. The zero-order valence-electron chi connectivity index (χ0n) is 7.48. The number of rotatable bonds is 2. The van der Waals surface area contributed by atoms with Gasteiger partial charge in [0.2, 0.25) is 10.0 Å². The van der Waals surface area contributed by atoms with Crippen molar-refractivity contribution in [2.24, 2.45) is 5.73 Å². The normalized spacial score (nSPS) is 19.1. The Bertz CT molecular complexity index is 479. The SMILES string of the molecule is NC1CN(S(=O)(=O)c2cc(Cl)sc2Cl)C1. The van der Waals surface area contributed by atoms with Crippen LogP contribution in [0.25, 0.3) is 0 Å². The van der Waals surface area contributed by atoms with Gasteiger partial charge in [-0.1, -0.05) is 23.2 Å². The molecule has 0 aromatic carbocycles. The minimum absolute atomic E-state index is 0.0751. The van der Waals surface area contributed by atoms with E-state index in [0.29, 0.717) is 17.4 Å². The number of nitrogens with zero attached hydrogens (tertiary/aromatic N) is 1. The zero-order chi connectivity index (χ0) is 11.2. The molecule has 0 unspecified atom stereocenters. The molecular formula is C7H8Cl2N2O2S2. The first-order chi connectivity index (χ1) is 6.91. The van der Waals surface area contributed by atoms with Gasteiger partial charge >= 0.3 is 0 Å². The van der Waals surface area contributed by atoms with E-state index in [4.69, 9.17) is 28.9 Å². The topological polar surface area (TPSA) is 63.4 Å². The molecule has 1 aliphatic heterocycles. The third kappa shape index (κ3) is 2.02. The highest BCUT2D eigenvalue weighted by atomic mass is 35.5. The second-order valence-electron chi connectivity index (χ2n) is 3.27. The third-order valence-electron chi connectivity index (χ3n) is 2.12. The summed E-state index contributed by atoms with van der Waals surface area (Å²) in [5, 5.41) is 0. The predicted octanol–water partition coefficient (Wildman–Crippen LogP) is 1.39. The van der Waals surface area contributed by atoms with Gasteiger partial charge in [0.05, 0.1) is 4.34 Å². The van der Waals surface area contributed by atoms with Gasteiger partial charge in [0.1, 0.15) is 9.23 Å². The summed E-state index contributed by atoms with van der Waals surface area (Å²) >= 11 is 12.5. The summed E-state index contributed by atoms with van der Waals surface area (Å²) in [5.74, 6) is 0. The van der Waals surface area contributed by atoms with Gasteiger partial charge in [-0.25, -0.2) is 8.42 Å². The molecule has 2 N–H and O–H groups in total. The lowest BCUT2D eigenvalue weighted by Gasteiger charge is -2.35. The Morgan fingerprint density at radius 2 is 2.07 bits per heavy atom. The van der Waals surface area contributed by atoms with Crippen LogP contribution in [0.15, 0.2) is 11.0 Å². The molecule has 1 aliphatic rings. The fourth-order valence-corrected chi connectivity index (χ4v) is 4.97. The van der Waals surface area contributed by atoms with E-state index in [1.54, 1.807) is 0 Å². The van der Waals surface area contributed by atoms with Crippen LogP contribution in [0.3, 0.4) is 0 Å². The molecule has 0 saturated carbocycles. The van der Waals surface area contributed by atoms with E-state index in [9.17, 15) is 8.42 Å². The van der Waals surface area contributed by atoms with Crippen molar-refractivity contribution in [2.75, 3.05) is 13.1 Å². The van der Waals surface area contributed by atoms with E-state index in [2.05, 4.69) is 0 Å². The number of nitrogens with two attached hydrogens (primary N) is 1. The highest BCUT2D eigenvalue weighted by Gasteiger charge is 2.36. The molecule has 4 nitrogen and oxygen atoms in total. The Hall–Kier alpha value is 0.150. The lowest BCUT2D eigenvalue weighted by molar-refractivity contribution is 0.265. The molecule has 15 heavy (non-hydrogen) atoms. The van der Waals surface area contributed by atoms with Crippen LogP contribution in [0.1, 0.15) is 0 Å². The summed E-state index contributed by atoms with van der Waals surface area (Å²) in [5.41, 5.74) is 5.52. The molecule has 0 radical (unpaired) electrons. The Morgan fingerprint density at radius 3 is 2.47 bits per heavy atom. The van der Waals surface area contributed by atoms with Gasteiger partial charge in [-0.2, -0.15) is 4.31 Å². The van der Waals surface area contributed by atoms with E-state index in [1.807, 2.05) is 0 Å². The van der Waals surface area contributed by atoms with Crippen molar-refractivity contribution >= 4 is 44.6 Å². The summed E-state index contributed by atoms with van der Waals surface area (Å²) in [6.45, 7) is 0.679. The zero-order valence-corrected chi connectivity index (χ0v) is 10.6. The maximum absolute atomic E-state index is 11.9.